The van der Waals surface area contributed by atoms with E-state index in [4.69, 9.17) is 0 Å². The summed E-state index contributed by atoms with van der Waals surface area (Å²) < 4.78 is 23.6. The van der Waals surface area contributed by atoms with Gasteiger partial charge in [-0.05, 0) is 43.7 Å². The summed E-state index contributed by atoms with van der Waals surface area (Å²) >= 11 is 0. The lowest BCUT2D eigenvalue weighted by Gasteiger charge is -2.34. The van der Waals surface area contributed by atoms with Crippen LogP contribution in [0.3, 0.4) is 0 Å². The molecule has 20 heavy (non-hydrogen) atoms. The molecular formula is C15H24N2O2S. The fraction of sp³-hybridized carbons (Fsp3) is 0.600. The van der Waals surface area contributed by atoms with Crippen LogP contribution >= 0.6 is 0 Å². The quantitative estimate of drug-likeness (QED) is 0.903. The molecule has 2 rings (SSSR count). The minimum absolute atomic E-state index is 0.153. The Bertz CT molecular complexity index is 517. The van der Waals surface area contributed by atoms with Crippen molar-refractivity contribution in [2.24, 2.45) is 0 Å². The van der Waals surface area contributed by atoms with Gasteiger partial charge >= 0.3 is 0 Å². The molecule has 1 aromatic rings. The van der Waals surface area contributed by atoms with E-state index in [0.717, 1.165) is 38.2 Å². The first-order valence-corrected chi connectivity index (χ1v) is 9.03. The number of nitrogens with zero attached hydrogens (tertiary/aromatic N) is 1. The van der Waals surface area contributed by atoms with Gasteiger partial charge in [0.05, 0.1) is 10.6 Å². The Morgan fingerprint density at radius 1 is 1.15 bits per heavy atom. The van der Waals surface area contributed by atoms with Crippen LogP contribution in [-0.2, 0) is 9.84 Å². The first kappa shape index (κ1) is 15.3. The molecule has 0 amide bonds. The standard InChI is InChI=1S/C15H24N2O2S/c1-3-16-13-9-11-17(12-10-13)14-5-7-15(8-6-14)20(18,19)4-2/h5-8,13,16H,3-4,9-12H2,1-2H3. The Labute approximate surface area is 122 Å². The maximum absolute atomic E-state index is 11.8. The second kappa shape index (κ2) is 6.59. The normalized spacial score (nSPS) is 17.4. The Hall–Kier alpha value is -1.07. The number of benzene rings is 1. The number of anilines is 1. The van der Waals surface area contributed by atoms with Gasteiger partial charge in [-0.3, -0.25) is 0 Å². The summed E-state index contributed by atoms with van der Waals surface area (Å²) in [5.41, 5.74) is 1.12. The zero-order valence-electron chi connectivity index (χ0n) is 12.3. The second-order valence-corrected chi connectivity index (χ2v) is 7.49. The van der Waals surface area contributed by atoms with Crippen LogP contribution in [0.5, 0.6) is 0 Å². The maximum atomic E-state index is 11.8. The molecule has 0 unspecified atom stereocenters. The molecule has 1 N–H and O–H groups in total. The zero-order chi connectivity index (χ0) is 14.6. The van der Waals surface area contributed by atoms with Gasteiger partial charge in [-0.1, -0.05) is 13.8 Å². The predicted molar refractivity (Wildman–Crippen MR) is 83.1 cm³/mol. The number of hydrogen-bond acceptors (Lipinski definition) is 4. The summed E-state index contributed by atoms with van der Waals surface area (Å²) in [5, 5.41) is 3.49. The Morgan fingerprint density at radius 2 is 1.75 bits per heavy atom. The highest BCUT2D eigenvalue weighted by Crippen LogP contribution is 2.22. The molecule has 0 bridgehead atoms. The highest BCUT2D eigenvalue weighted by Gasteiger charge is 2.19. The molecule has 0 spiro atoms. The summed E-state index contributed by atoms with van der Waals surface area (Å²) in [5.74, 6) is 0.153. The van der Waals surface area contributed by atoms with Crippen LogP contribution in [0, 0.1) is 0 Å². The average molecular weight is 296 g/mol. The van der Waals surface area contributed by atoms with Crippen LogP contribution < -0.4 is 10.2 Å². The van der Waals surface area contributed by atoms with E-state index < -0.39 is 9.84 Å². The minimum Gasteiger partial charge on any atom is -0.371 e. The summed E-state index contributed by atoms with van der Waals surface area (Å²) in [6, 6.07) is 7.93. The van der Waals surface area contributed by atoms with Gasteiger partial charge in [0.2, 0.25) is 0 Å². The predicted octanol–water partition coefficient (Wildman–Crippen LogP) is 2.06. The average Bonchev–Trinajstić information content (AvgIpc) is 2.48. The lowest BCUT2D eigenvalue weighted by Crippen LogP contribution is -2.42. The van der Waals surface area contributed by atoms with Crippen molar-refractivity contribution >= 4 is 15.5 Å². The summed E-state index contributed by atoms with van der Waals surface area (Å²) in [7, 11) is -3.09. The van der Waals surface area contributed by atoms with E-state index in [9.17, 15) is 8.42 Å². The first-order chi connectivity index (χ1) is 9.56. The molecule has 0 radical (unpaired) electrons. The lowest BCUT2D eigenvalue weighted by atomic mass is 10.0. The molecule has 0 aliphatic carbocycles. The third-order valence-electron chi connectivity index (χ3n) is 3.93. The van der Waals surface area contributed by atoms with Crippen molar-refractivity contribution in [2.45, 2.75) is 37.6 Å². The number of piperidine rings is 1. The Balaban J connectivity index is 2.01. The third-order valence-corrected chi connectivity index (χ3v) is 5.68. The highest BCUT2D eigenvalue weighted by atomic mass is 32.2. The smallest absolute Gasteiger partial charge is 0.178 e. The molecule has 4 nitrogen and oxygen atoms in total. The zero-order valence-corrected chi connectivity index (χ0v) is 13.1. The van der Waals surface area contributed by atoms with Crippen molar-refractivity contribution < 1.29 is 8.42 Å². The maximum Gasteiger partial charge on any atom is 0.178 e. The monoisotopic (exact) mass is 296 g/mol. The fourth-order valence-corrected chi connectivity index (χ4v) is 3.55. The highest BCUT2D eigenvalue weighted by molar-refractivity contribution is 7.91. The van der Waals surface area contributed by atoms with Crippen LogP contribution in [0.2, 0.25) is 0 Å². The van der Waals surface area contributed by atoms with Gasteiger partial charge in [0, 0.05) is 24.8 Å². The molecular weight excluding hydrogens is 272 g/mol. The van der Waals surface area contributed by atoms with Crippen LogP contribution in [0.25, 0.3) is 0 Å². The summed E-state index contributed by atoms with van der Waals surface area (Å²) in [6.07, 6.45) is 2.28. The molecule has 0 aromatic heterocycles. The number of sulfone groups is 1. The van der Waals surface area contributed by atoms with Crippen molar-refractivity contribution in [3.8, 4) is 0 Å². The SMILES string of the molecule is CCNC1CCN(c2ccc(S(=O)(=O)CC)cc2)CC1. The van der Waals surface area contributed by atoms with Crippen LogP contribution in [0.4, 0.5) is 5.69 Å². The van der Waals surface area contributed by atoms with Gasteiger partial charge in [0.15, 0.2) is 9.84 Å². The molecule has 1 heterocycles. The van der Waals surface area contributed by atoms with E-state index in [1.165, 1.54) is 0 Å². The Morgan fingerprint density at radius 3 is 2.25 bits per heavy atom. The van der Waals surface area contributed by atoms with Crippen LogP contribution in [-0.4, -0.2) is 39.8 Å². The van der Waals surface area contributed by atoms with E-state index in [-0.39, 0.29) is 5.75 Å². The van der Waals surface area contributed by atoms with Gasteiger partial charge in [0.25, 0.3) is 0 Å². The summed E-state index contributed by atoms with van der Waals surface area (Å²) in [4.78, 5) is 2.75. The third kappa shape index (κ3) is 3.52. The lowest BCUT2D eigenvalue weighted by molar-refractivity contribution is 0.424. The van der Waals surface area contributed by atoms with E-state index in [1.54, 1.807) is 19.1 Å². The topological polar surface area (TPSA) is 49.4 Å². The van der Waals surface area contributed by atoms with Crippen molar-refractivity contribution in [1.29, 1.82) is 0 Å². The largest absolute Gasteiger partial charge is 0.371 e. The van der Waals surface area contributed by atoms with E-state index in [2.05, 4.69) is 17.1 Å². The molecule has 1 aliphatic rings. The van der Waals surface area contributed by atoms with Gasteiger partial charge in [-0.25, -0.2) is 8.42 Å². The molecule has 0 saturated carbocycles. The van der Waals surface area contributed by atoms with Crippen molar-refractivity contribution in [3.05, 3.63) is 24.3 Å². The summed E-state index contributed by atoms with van der Waals surface area (Å²) in [6.45, 7) is 6.89. The molecule has 112 valence electrons. The minimum atomic E-state index is -3.09. The van der Waals surface area contributed by atoms with Gasteiger partial charge in [0.1, 0.15) is 0 Å². The fourth-order valence-electron chi connectivity index (χ4n) is 2.66. The van der Waals surface area contributed by atoms with Crippen LogP contribution in [0.15, 0.2) is 29.2 Å². The first-order valence-electron chi connectivity index (χ1n) is 7.38. The molecule has 1 aromatic carbocycles. The van der Waals surface area contributed by atoms with Crippen LogP contribution in [0.1, 0.15) is 26.7 Å². The molecule has 1 aliphatic heterocycles. The van der Waals surface area contributed by atoms with E-state index in [0.29, 0.717) is 10.9 Å². The molecule has 0 atom stereocenters. The van der Waals surface area contributed by atoms with Crippen molar-refractivity contribution in [2.75, 3.05) is 30.3 Å². The Kier molecular flexibility index (Phi) is 5.05. The van der Waals surface area contributed by atoms with Gasteiger partial charge in [-0.15, -0.1) is 0 Å². The van der Waals surface area contributed by atoms with Gasteiger partial charge in [-0.2, -0.15) is 0 Å². The van der Waals surface area contributed by atoms with Crippen molar-refractivity contribution in [3.63, 3.8) is 0 Å². The number of nitrogens with one attached hydrogen (secondary N) is 1. The molecule has 1 fully saturated rings. The van der Waals surface area contributed by atoms with E-state index >= 15 is 0 Å². The van der Waals surface area contributed by atoms with E-state index in [1.807, 2.05) is 12.1 Å². The number of rotatable bonds is 5. The van der Waals surface area contributed by atoms with Gasteiger partial charge < -0.3 is 10.2 Å². The number of hydrogen-bond donors (Lipinski definition) is 1. The molecule has 5 heteroatoms. The second-order valence-electron chi connectivity index (χ2n) is 5.22. The van der Waals surface area contributed by atoms with Crippen molar-refractivity contribution in [1.82, 2.24) is 5.32 Å². The molecule has 1 saturated heterocycles.